The van der Waals surface area contributed by atoms with Gasteiger partial charge in [0, 0.05) is 23.1 Å². The Labute approximate surface area is 232 Å². The Kier molecular flexibility index (Phi) is 7.32. The molecule has 0 aliphatic rings. The van der Waals surface area contributed by atoms with Gasteiger partial charge in [0.15, 0.2) is 0 Å². The predicted octanol–water partition coefficient (Wildman–Crippen LogP) is 6.97. The molecule has 0 saturated heterocycles. The average Bonchev–Trinajstić information content (AvgIpc) is 3.47. The van der Waals surface area contributed by atoms with Crippen molar-refractivity contribution >= 4 is 62.5 Å². The van der Waals surface area contributed by atoms with Gasteiger partial charge in [-0.2, -0.15) is 9.78 Å². The van der Waals surface area contributed by atoms with E-state index in [0.717, 1.165) is 20.9 Å². The highest BCUT2D eigenvalue weighted by molar-refractivity contribution is 7.18. The Balaban J connectivity index is 1.80. The van der Waals surface area contributed by atoms with E-state index >= 15 is 0 Å². The minimum atomic E-state index is -0.846. The van der Waals surface area contributed by atoms with E-state index < -0.39 is 28.3 Å². The van der Waals surface area contributed by atoms with E-state index in [1.807, 2.05) is 0 Å². The molecule has 0 N–H and O–H groups in total. The molecule has 204 valence electrons. The van der Waals surface area contributed by atoms with Gasteiger partial charge in [-0.3, -0.25) is 10.1 Å². The number of aromatic nitrogens is 4. The zero-order chi connectivity index (χ0) is 28.7. The predicted molar refractivity (Wildman–Crippen MR) is 147 cm³/mol. The van der Waals surface area contributed by atoms with Gasteiger partial charge in [-0.1, -0.05) is 35.1 Å². The summed E-state index contributed by atoms with van der Waals surface area (Å²) in [6.07, 6.45) is -0.0615. The van der Waals surface area contributed by atoms with Crippen LogP contribution in [0.3, 0.4) is 0 Å². The fourth-order valence-corrected chi connectivity index (χ4v) is 4.58. The molecule has 39 heavy (non-hydrogen) atoms. The van der Waals surface area contributed by atoms with Crippen LogP contribution in [0.15, 0.2) is 42.6 Å². The number of rotatable bonds is 4. The molecule has 14 heteroatoms. The first kappa shape index (κ1) is 27.9. The molecule has 2 aromatic heterocycles. The molecule has 0 aliphatic heterocycles. The maximum Gasteiger partial charge on any atom is 0.435 e. The lowest BCUT2D eigenvalue weighted by atomic mass is 10.2. The van der Waals surface area contributed by atoms with Crippen molar-refractivity contribution in [3.8, 4) is 10.6 Å². The molecule has 4 aromatic rings. The summed E-state index contributed by atoms with van der Waals surface area (Å²) in [5.74, 6) is 0. The van der Waals surface area contributed by atoms with Crippen molar-refractivity contribution < 1.29 is 24.0 Å². The summed E-state index contributed by atoms with van der Waals surface area (Å²) in [6, 6.07) is 9.03. The van der Waals surface area contributed by atoms with Crippen molar-refractivity contribution in [2.75, 3.05) is 4.90 Å². The van der Waals surface area contributed by atoms with Gasteiger partial charge in [-0.15, -0.1) is 10.2 Å². The third-order valence-electron chi connectivity index (χ3n) is 4.96. The first-order valence-electron chi connectivity index (χ1n) is 11.7. The summed E-state index contributed by atoms with van der Waals surface area (Å²) in [4.78, 5) is 37.9. The highest BCUT2D eigenvalue weighted by Gasteiger charge is 2.31. The van der Waals surface area contributed by atoms with Crippen molar-refractivity contribution in [3.05, 3.63) is 57.7 Å². The van der Waals surface area contributed by atoms with Gasteiger partial charge in [0.1, 0.15) is 16.2 Å². The van der Waals surface area contributed by atoms with E-state index in [1.165, 1.54) is 30.5 Å². The molecule has 0 unspecified atom stereocenters. The quantitative estimate of drug-likeness (QED) is 0.187. The number of ether oxygens (including phenoxy) is 2. The number of carbonyl (C=O) groups is 2. The SMILES string of the molecule is CC(C)(C)OC(=O)N(c1nnc(-c2cccc([N+](=O)[O-])c2)s1)c1ccc2c(cnn2C(=O)OC(C)(C)C)c1Cl. The summed E-state index contributed by atoms with van der Waals surface area (Å²) >= 11 is 7.78. The van der Waals surface area contributed by atoms with Gasteiger partial charge in [-0.05, 0) is 53.7 Å². The molecular formula is C25H25ClN6O6S. The largest absolute Gasteiger partial charge is 0.443 e. The van der Waals surface area contributed by atoms with Gasteiger partial charge >= 0.3 is 12.2 Å². The molecule has 0 spiro atoms. The minimum Gasteiger partial charge on any atom is -0.443 e. The molecular weight excluding hydrogens is 548 g/mol. The first-order valence-corrected chi connectivity index (χ1v) is 12.8. The molecule has 2 aromatic carbocycles. The third-order valence-corrected chi connectivity index (χ3v) is 6.31. The molecule has 1 amide bonds. The van der Waals surface area contributed by atoms with Crippen LogP contribution in [0.25, 0.3) is 21.5 Å². The zero-order valence-corrected chi connectivity index (χ0v) is 23.5. The second kappa shape index (κ2) is 10.2. The fraction of sp³-hybridized carbons (Fsp3) is 0.320. The summed E-state index contributed by atoms with van der Waals surface area (Å²) in [7, 11) is 0. The molecule has 0 radical (unpaired) electrons. The summed E-state index contributed by atoms with van der Waals surface area (Å²) < 4.78 is 12.1. The molecule has 0 aliphatic carbocycles. The molecule has 0 atom stereocenters. The third kappa shape index (κ3) is 6.15. The van der Waals surface area contributed by atoms with E-state index in [0.29, 0.717) is 21.5 Å². The number of halogens is 1. The summed E-state index contributed by atoms with van der Waals surface area (Å²) in [5.41, 5.74) is -0.649. The van der Waals surface area contributed by atoms with Crippen LogP contribution in [0.5, 0.6) is 0 Å². The smallest absolute Gasteiger partial charge is 0.435 e. The van der Waals surface area contributed by atoms with Gasteiger partial charge in [0.25, 0.3) is 5.69 Å². The summed E-state index contributed by atoms with van der Waals surface area (Å²) in [6.45, 7) is 10.4. The molecule has 0 fully saturated rings. The topological polar surface area (TPSA) is 143 Å². The van der Waals surface area contributed by atoms with Crippen LogP contribution in [0.4, 0.5) is 26.1 Å². The molecule has 4 rings (SSSR count). The minimum absolute atomic E-state index is 0.108. The number of hydrogen-bond donors (Lipinski definition) is 0. The lowest BCUT2D eigenvalue weighted by molar-refractivity contribution is -0.384. The number of non-ortho nitro benzene ring substituents is 1. The van der Waals surface area contributed by atoms with Crippen molar-refractivity contribution in [1.29, 1.82) is 0 Å². The highest BCUT2D eigenvalue weighted by atomic mass is 35.5. The van der Waals surface area contributed by atoms with Crippen molar-refractivity contribution in [2.24, 2.45) is 0 Å². The maximum absolute atomic E-state index is 13.4. The van der Waals surface area contributed by atoms with Crippen LogP contribution in [0.2, 0.25) is 5.02 Å². The van der Waals surface area contributed by atoms with Crippen molar-refractivity contribution in [2.45, 2.75) is 52.7 Å². The normalized spacial score (nSPS) is 11.9. The lowest BCUT2D eigenvalue weighted by Crippen LogP contribution is -2.34. The average molecular weight is 573 g/mol. The number of anilines is 2. The molecule has 0 saturated carbocycles. The van der Waals surface area contributed by atoms with E-state index in [-0.39, 0.29) is 21.5 Å². The fourth-order valence-electron chi connectivity index (χ4n) is 3.44. The van der Waals surface area contributed by atoms with Crippen LogP contribution in [0, 0.1) is 10.1 Å². The van der Waals surface area contributed by atoms with Crippen LogP contribution < -0.4 is 4.90 Å². The number of hydrogen-bond acceptors (Lipinski definition) is 10. The summed E-state index contributed by atoms with van der Waals surface area (Å²) in [5, 5.41) is 24.6. The number of fused-ring (bicyclic) bond motifs is 1. The Bertz CT molecular complexity index is 1590. The van der Waals surface area contributed by atoms with Gasteiger partial charge in [0.05, 0.1) is 27.3 Å². The first-order chi connectivity index (χ1) is 18.1. The van der Waals surface area contributed by atoms with Crippen LogP contribution in [-0.4, -0.2) is 48.3 Å². The number of nitrogens with zero attached hydrogens (tertiary/aromatic N) is 6. The van der Waals surface area contributed by atoms with Gasteiger partial charge < -0.3 is 9.47 Å². The molecule has 12 nitrogen and oxygen atoms in total. The monoisotopic (exact) mass is 572 g/mol. The number of nitro benzene ring substituents is 1. The van der Waals surface area contributed by atoms with Crippen molar-refractivity contribution in [3.63, 3.8) is 0 Å². The zero-order valence-electron chi connectivity index (χ0n) is 22.0. The Morgan fingerprint density at radius 1 is 1.05 bits per heavy atom. The van der Waals surface area contributed by atoms with E-state index in [2.05, 4.69) is 15.3 Å². The number of benzene rings is 2. The lowest BCUT2D eigenvalue weighted by Gasteiger charge is -2.26. The van der Waals surface area contributed by atoms with Gasteiger partial charge in [0.2, 0.25) is 5.13 Å². The molecule has 0 bridgehead atoms. The molecule has 2 heterocycles. The van der Waals surface area contributed by atoms with Crippen molar-refractivity contribution in [1.82, 2.24) is 20.0 Å². The second-order valence-electron chi connectivity index (χ2n) is 10.4. The highest BCUT2D eigenvalue weighted by Crippen LogP contribution is 2.40. The van der Waals surface area contributed by atoms with E-state index in [9.17, 15) is 19.7 Å². The Morgan fingerprint density at radius 3 is 2.38 bits per heavy atom. The van der Waals surface area contributed by atoms with E-state index in [4.69, 9.17) is 21.1 Å². The maximum atomic E-state index is 13.4. The van der Waals surface area contributed by atoms with Crippen LogP contribution >= 0.6 is 22.9 Å². The van der Waals surface area contributed by atoms with Crippen LogP contribution in [-0.2, 0) is 9.47 Å². The number of carbonyl (C=O) groups excluding carboxylic acids is 2. The number of amides is 1. The second-order valence-corrected chi connectivity index (χ2v) is 11.7. The van der Waals surface area contributed by atoms with E-state index in [1.54, 1.807) is 53.7 Å². The Hall–Kier alpha value is -4.10. The van der Waals surface area contributed by atoms with Gasteiger partial charge in [-0.25, -0.2) is 14.5 Å². The standard InChI is InChI=1S/C25H25ClN6O6S/c1-24(2,3)37-22(33)30(21-29-28-20(39-21)14-8-7-9-15(12-14)32(35)36)18-11-10-17-16(19(18)26)13-27-31(17)23(34)38-25(4,5)6/h7-13H,1-6H3. The van der Waals surface area contributed by atoms with Crippen LogP contribution in [0.1, 0.15) is 41.5 Å². The Morgan fingerprint density at radius 2 is 1.74 bits per heavy atom. The number of nitro groups is 1.